The molecule has 0 unspecified atom stereocenters. The first-order valence-electron chi connectivity index (χ1n) is 8.21. The van der Waals surface area contributed by atoms with Gasteiger partial charge in [-0.25, -0.2) is 14.2 Å². The van der Waals surface area contributed by atoms with Gasteiger partial charge < -0.3 is 10.6 Å². The Kier molecular flexibility index (Phi) is 6.27. The summed E-state index contributed by atoms with van der Waals surface area (Å²) in [5.41, 5.74) is 1.65. The van der Waals surface area contributed by atoms with E-state index < -0.39 is 6.03 Å². The maximum Gasteiger partial charge on any atom is 0.325 e. The van der Waals surface area contributed by atoms with Gasteiger partial charge >= 0.3 is 6.03 Å². The predicted molar refractivity (Wildman–Crippen MR) is 112 cm³/mol. The lowest BCUT2D eigenvalue weighted by Crippen LogP contribution is -2.19. The van der Waals surface area contributed by atoms with Crippen LogP contribution in [-0.2, 0) is 0 Å². The molecule has 144 valence electrons. The molecule has 0 radical (unpaired) electrons. The number of carbonyl (C=O) groups is 2. The van der Waals surface area contributed by atoms with E-state index >= 15 is 0 Å². The van der Waals surface area contributed by atoms with Crippen LogP contribution >= 0.6 is 23.1 Å². The third-order valence-electron chi connectivity index (χ3n) is 3.65. The first-order valence-corrected chi connectivity index (χ1v) is 10.2. The number of amides is 3. The number of rotatable bonds is 5. The summed E-state index contributed by atoms with van der Waals surface area (Å²) >= 11 is 2.66. The van der Waals surface area contributed by atoms with E-state index in [1.54, 1.807) is 18.7 Å². The molecule has 0 atom stereocenters. The lowest BCUT2D eigenvalue weighted by Gasteiger charge is -2.05. The minimum Gasteiger partial charge on any atom is -0.321 e. The third kappa shape index (κ3) is 5.08. The fraction of sp³-hybridized carbons (Fsp3) is 0.105. The van der Waals surface area contributed by atoms with Crippen LogP contribution in [0.3, 0.4) is 0 Å². The van der Waals surface area contributed by atoms with Crippen LogP contribution in [-0.4, -0.2) is 23.2 Å². The van der Waals surface area contributed by atoms with Crippen LogP contribution in [0.4, 0.5) is 25.7 Å². The summed E-state index contributed by atoms with van der Waals surface area (Å²) in [7, 11) is 0. The van der Waals surface area contributed by atoms with Crippen molar-refractivity contribution in [3.63, 3.8) is 0 Å². The Bertz CT molecular complexity index is 1010. The van der Waals surface area contributed by atoms with Gasteiger partial charge in [0.25, 0.3) is 5.91 Å². The van der Waals surface area contributed by atoms with E-state index in [-0.39, 0.29) is 11.7 Å². The first-order chi connectivity index (χ1) is 13.4. The van der Waals surface area contributed by atoms with Gasteiger partial charge in [0.1, 0.15) is 10.7 Å². The van der Waals surface area contributed by atoms with Gasteiger partial charge in [-0.2, -0.15) is 0 Å². The molecule has 2 aromatic carbocycles. The lowest BCUT2D eigenvalue weighted by molar-refractivity contribution is 0.102. The molecule has 3 aromatic rings. The van der Waals surface area contributed by atoms with Crippen molar-refractivity contribution in [1.82, 2.24) is 4.98 Å². The fourth-order valence-corrected chi connectivity index (χ4v) is 3.66. The summed E-state index contributed by atoms with van der Waals surface area (Å²) in [6.45, 7) is 1.70. The second kappa shape index (κ2) is 8.85. The Hall–Kier alpha value is -2.91. The number of halogens is 1. The van der Waals surface area contributed by atoms with E-state index in [0.29, 0.717) is 27.1 Å². The molecule has 3 amide bonds. The monoisotopic (exact) mass is 416 g/mol. The van der Waals surface area contributed by atoms with Crippen LogP contribution in [0.15, 0.2) is 53.4 Å². The van der Waals surface area contributed by atoms with Crippen molar-refractivity contribution in [2.45, 2.75) is 11.8 Å². The fourth-order valence-electron chi connectivity index (χ4n) is 2.34. The molecular weight excluding hydrogens is 399 g/mol. The Morgan fingerprint density at radius 2 is 1.79 bits per heavy atom. The number of aromatic nitrogens is 1. The molecule has 0 aliphatic rings. The molecule has 0 fully saturated rings. The molecule has 0 saturated carbocycles. The third-order valence-corrected chi connectivity index (χ3v) is 5.45. The van der Waals surface area contributed by atoms with Crippen molar-refractivity contribution in [3.05, 3.63) is 64.9 Å². The van der Waals surface area contributed by atoms with Gasteiger partial charge in [0.15, 0.2) is 5.13 Å². The first kappa shape index (κ1) is 19.8. The zero-order chi connectivity index (χ0) is 20.1. The van der Waals surface area contributed by atoms with E-state index in [1.807, 2.05) is 30.5 Å². The highest BCUT2D eigenvalue weighted by Crippen LogP contribution is 2.25. The summed E-state index contributed by atoms with van der Waals surface area (Å²) in [6.07, 6.45) is 1.96. The summed E-state index contributed by atoms with van der Waals surface area (Å²) in [4.78, 5) is 30.3. The average molecular weight is 417 g/mol. The second-order valence-corrected chi connectivity index (χ2v) is 7.58. The number of hydrogen-bond acceptors (Lipinski definition) is 5. The molecule has 0 saturated heterocycles. The maximum atomic E-state index is 12.9. The van der Waals surface area contributed by atoms with Gasteiger partial charge in [-0.05, 0) is 55.6 Å². The molecule has 0 spiro atoms. The molecule has 9 heteroatoms. The van der Waals surface area contributed by atoms with E-state index in [9.17, 15) is 14.0 Å². The van der Waals surface area contributed by atoms with Crippen LogP contribution < -0.4 is 16.0 Å². The van der Waals surface area contributed by atoms with Crippen LogP contribution in [0.25, 0.3) is 0 Å². The summed E-state index contributed by atoms with van der Waals surface area (Å²) in [5, 5.41) is 8.29. The van der Waals surface area contributed by atoms with Gasteiger partial charge in [0.05, 0.1) is 5.69 Å². The number of carbonyl (C=O) groups excluding carboxylic acids is 2. The Labute approximate surface area is 169 Å². The Balaban J connectivity index is 1.65. The van der Waals surface area contributed by atoms with Crippen molar-refractivity contribution in [2.24, 2.45) is 0 Å². The molecule has 0 aliphatic heterocycles. The topological polar surface area (TPSA) is 83.1 Å². The van der Waals surface area contributed by atoms with Crippen LogP contribution in [0.5, 0.6) is 0 Å². The summed E-state index contributed by atoms with van der Waals surface area (Å²) < 4.78 is 12.9. The van der Waals surface area contributed by atoms with Crippen LogP contribution in [0.2, 0.25) is 0 Å². The van der Waals surface area contributed by atoms with E-state index in [1.165, 1.54) is 24.3 Å². The highest BCUT2D eigenvalue weighted by molar-refractivity contribution is 7.98. The zero-order valence-corrected chi connectivity index (χ0v) is 16.7. The molecule has 0 aliphatic carbocycles. The van der Waals surface area contributed by atoms with Crippen molar-refractivity contribution >= 4 is 51.5 Å². The van der Waals surface area contributed by atoms with E-state index in [4.69, 9.17) is 0 Å². The standard InChI is InChI=1S/C19H17FN4O2S2/c1-11-16(17(25)22-14-4-3-5-15(10-14)27-2)28-19(21-11)24-18(26)23-13-8-6-12(20)7-9-13/h3-10H,1-2H3,(H,22,25)(H2,21,23,24,26). The van der Waals surface area contributed by atoms with Crippen LogP contribution in [0.1, 0.15) is 15.4 Å². The minimum atomic E-state index is -0.528. The maximum absolute atomic E-state index is 12.9. The Morgan fingerprint density at radius 3 is 2.50 bits per heavy atom. The number of thioether (sulfide) groups is 1. The minimum absolute atomic E-state index is 0.291. The molecule has 1 heterocycles. The zero-order valence-electron chi connectivity index (χ0n) is 15.1. The van der Waals surface area contributed by atoms with Crippen molar-refractivity contribution in [3.8, 4) is 0 Å². The van der Waals surface area contributed by atoms with Crippen LogP contribution in [0, 0.1) is 12.7 Å². The molecule has 3 rings (SSSR count). The van der Waals surface area contributed by atoms with E-state index in [0.717, 1.165) is 16.2 Å². The van der Waals surface area contributed by atoms with Gasteiger partial charge in [-0.15, -0.1) is 11.8 Å². The quantitative estimate of drug-likeness (QED) is 0.499. The molecule has 1 aromatic heterocycles. The molecule has 0 bridgehead atoms. The number of hydrogen-bond donors (Lipinski definition) is 3. The highest BCUT2D eigenvalue weighted by atomic mass is 32.2. The number of benzene rings is 2. The normalized spacial score (nSPS) is 10.4. The van der Waals surface area contributed by atoms with Gasteiger partial charge in [-0.1, -0.05) is 17.4 Å². The highest BCUT2D eigenvalue weighted by Gasteiger charge is 2.17. The molecular formula is C19H17FN4O2S2. The van der Waals surface area contributed by atoms with E-state index in [2.05, 4.69) is 20.9 Å². The average Bonchev–Trinajstić information content (AvgIpc) is 3.04. The number of aryl methyl sites for hydroxylation is 1. The Morgan fingerprint density at radius 1 is 1.04 bits per heavy atom. The molecule has 6 nitrogen and oxygen atoms in total. The number of nitrogens with one attached hydrogen (secondary N) is 3. The number of anilines is 3. The second-order valence-electron chi connectivity index (χ2n) is 5.71. The number of thiazole rings is 1. The number of nitrogens with zero attached hydrogens (tertiary/aromatic N) is 1. The van der Waals surface area contributed by atoms with Crippen molar-refractivity contribution < 1.29 is 14.0 Å². The van der Waals surface area contributed by atoms with Crippen molar-refractivity contribution in [1.29, 1.82) is 0 Å². The smallest absolute Gasteiger partial charge is 0.321 e. The predicted octanol–water partition coefficient (Wildman–Crippen LogP) is 5.21. The van der Waals surface area contributed by atoms with Gasteiger partial charge in [-0.3, -0.25) is 10.1 Å². The SMILES string of the molecule is CSc1cccc(NC(=O)c2sc(NC(=O)Nc3ccc(F)cc3)nc2C)c1. The van der Waals surface area contributed by atoms with Crippen molar-refractivity contribution in [2.75, 3.05) is 22.2 Å². The van der Waals surface area contributed by atoms with Gasteiger partial charge in [0.2, 0.25) is 0 Å². The number of urea groups is 1. The molecule has 28 heavy (non-hydrogen) atoms. The summed E-state index contributed by atoms with van der Waals surface area (Å²) in [6, 6.07) is 12.4. The summed E-state index contributed by atoms with van der Waals surface area (Å²) in [5.74, 6) is -0.680. The lowest BCUT2D eigenvalue weighted by atomic mass is 10.3. The van der Waals surface area contributed by atoms with Gasteiger partial charge in [0, 0.05) is 16.3 Å². The largest absolute Gasteiger partial charge is 0.325 e. The molecule has 3 N–H and O–H groups in total.